The molecule has 1 saturated heterocycles. The molecule has 1 aliphatic carbocycles. The number of thiophene rings is 1. The van der Waals surface area contributed by atoms with E-state index in [1.54, 1.807) is 11.3 Å². The molecule has 3 rings (SSSR count). The van der Waals surface area contributed by atoms with E-state index in [0.29, 0.717) is 6.42 Å². The molecule has 4 nitrogen and oxygen atoms in total. The van der Waals surface area contributed by atoms with Crippen molar-refractivity contribution in [2.24, 2.45) is 11.8 Å². The Morgan fingerprint density at radius 3 is 2.83 bits per heavy atom. The number of nitrogens with zero attached hydrogens (tertiary/aromatic N) is 1. The highest BCUT2D eigenvalue weighted by Gasteiger charge is 2.51. The number of carbonyl (C=O) groups excluding carboxylic acids is 1. The molecule has 5 heteroatoms. The molecule has 18 heavy (non-hydrogen) atoms. The number of carbonyl (C=O) groups is 2. The van der Waals surface area contributed by atoms with E-state index in [4.69, 9.17) is 5.11 Å². The first kappa shape index (κ1) is 11.7. The van der Waals surface area contributed by atoms with Crippen molar-refractivity contribution in [2.75, 3.05) is 6.54 Å². The van der Waals surface area contributed by atoms with Crippen LogP contribution in [-0.4, -0.2) is 28.4 Å². The summed E-state index contributed by atoms with van der Waals surface area (Å²) in [7, 11) is 0. The number of amides is 1. The zero-order valence-corrected chi connectivity index (χ0v) is 10.7. The molecular formula is C13H15NO3S. The number of rotatable bonds is 3. The predicted octanol–water partition coefficient (Wildman–Crippen LogP) is 2.13. The van der Waals surface area contributed by atoms with E-state index in [1.165, 1.54) is 5.56 Å². The molecule has 1 aliphatic heterocycles. The van der Waals surface area contributed by atoms with E-state index < -0.39 is 11.9 Å². The lowest BCUT2D eigenvalue weighted by atomic mass is 10.1. The Morgan fingerprint density at radius 2 is 2.22 bits per heavy atom. The van der Waals surface area contributed by atoms with Crippen LogP contribution in [0.5, 0.6) is 0 Å². The van der Waals surface area contributed by atoms with Gasteiger partial charge in [0.05, 0.1) is 17.9 Å². The fraction of sp³-hybridized carbons (Fsp3) is 0.538. The number of hydrogen-bond acceptors (Lipinski definition) is 3. The molecule has 1 aromatic heterocycles. The SMILES string of the molecule is O=C(O)[C@@H]1C[C@@H]1C(=O)N1CCC[C@H]1c1ccsc1. The fourth-order valence-corrected chi connectivity index (χ4v) is 3.50. The maximum Gasteiger partial charge on any atom is 0.307 e. The highest BCUT2D eigenvalue weighted by atomic mass is 32.1. The number of aliphatic carboxylic acids is 1. The van der Waals surface area contributed by atoms with Gasteiger partial charge in [-0.25, -0.2) is 0 Å². The fourth-order valence-electron chi connectivity index (χ4n) is 2.80. The maximum atomic E-state index is 12.3. The average molecular weight is 265 g/mol. The van der Waals surface area contributed by atoms with Crippen LogP contribution in [0.3, 0.4) is 0 Å². The Bertz CT molecular complexity index is 471. The summed E-state index contributed by atoms with van der Waals surface area (Å²) in [6.45, 7) is 0.766. The summed E-state index contributed by atoms with van der Waals surface area (Å²) in [6, 6.07) is 2.22. The van der Waals surface area contributed by atoms with Gasteiger partial charge < -0.3 is 10.0 Å². The third kappa shape index (κ3) is 1.92. The van der Waals surface area contributed by atoms with E-state index in [1.807, 2.05) is 10.3 Å². The van der Waals surface area contributed by atoms with Crippen LogP contribution >= 0.6 is 11.3 Å². The molecule has 3 atom stereocenters. The minimum absolute atomic E-state index is 0.0381. The van der Waals surface area contributed by atoms with Gasteiger partial charge in [-0.3, -0.25) is 9.59 Å². The summed E-state index contributed by atoms with van der Waals surface area (Å²) in [5.74, 6) is -1.52. The summed E-state index contributed by atoms with van der Waals surface area (Å²) in [4.78, 5) is 25.0. The second kappa shape index (κ2) is 4.39. The van der Waals surface area contributed by atoms with Gasteiger partial charge >= 0.3 is 5.97 Å². The highest BCUT2D eigenvalue weighted by Crippen LogP contribution is 2.43. The largest absolute Gasteiger partial charge is 0.481 e. The molecule has 1 N–H and O–H groups in total. The number of carboxylic acids is 1. The summed E-state index contributed by atoms with van der Waals surface area (Å²) in [5, 5.41) is 13.0. The van der Waals surface area contributed by atoms with Crippen LogP contribution in [0.25, 0.3) is 0 Å². The average Bonchev–Trinajstić information content (AvgIpc) is 2.78. The van der Waals surface area contributed by atoms with Gasteiger partial charge in [0, 0.05) is 6.54 Å². The highest BCUT2D eigenvalue weighted by molar-refractivity contribution is 7.07. The van der Waals surface area contributed by atoms with Crippen molar-refractivity contribution >= 4 is 23.2 Å². The smallest absolute Gasteiger partial charge is 0.307 e. The Hall–Kier alpha value is -1.36. The van der Waals surface area contributed by atoms with E-state index in [-0.39, 0.29) is 17.9 Å². The van der Waals surface area contributed by atoms with Crippen LogP contribution < -0.4 is 0 Å². The van der Waals surface area contributed by atoms with E-state index in [9.17, 15) is 9.59 Å². The summed E-state index contributed by atoms with van der Waals surface area (Å²) >= 11 is 1.64. The van der Waals surface area contributed by atoms with Crippen molar-refractivity contribution in [1.29, 1.82) is 0 Å². The molecule has 1 amide bonds. The standard InChI is InChI=1S/C13H15NO3S/c15-12(9-6-10(9)13(16)17)14-4-1-2-11(14)8-3-5-18-7-8/h3,5,7,9-11H,1-2,4,6H2,(H,16,17)/t9-,10+,11-/m0/s1. The van der Waals surface area contributed by atoms with Crippen LogP contribution in [-0.2, 0) is 9.59 Å². The topological polar surface area (TPSA) is 57.6 Å². The third-order valence-corrected chi connectivity index (χ3v) is 4.59. The van der Waals surface area contributed by atoms with Crippen molar-refractivity contribution in [2.45, 2.75) is 25.3 Å². The molecule has 1 saturated carbocycles. The molecule has 0 aromatic carbocycles. The molecule has 0 spiro atoms. The molecule has 0 radical (unpaired) electrons. The molecule has 2 fully saturated rings. The van der Waals surface area contributed by atoms with Gasteiger partial charge in [-0.05, 0) is 41.7 Å². The zero-order valence-electron chi connectivity index (χ0n) is 9.91. The second-order valence-electron chi connectivity index (χ2n) is 5.03. The number of hydrogen-bond donors (Lipinski definition) is 1. The van der Waals surface area contributed by atoms with Gasteiger partial charge in [0.25, 0.3) is 0 Å². The molecular weight excluding hydrogens is 250 g/mol. The van der Waals surface area contributed by atoms with Crippen molar-refractivity contribution < 1.29 is 14.7 Å². The van der Waals surface area contributed by atoms with Crippen LogP contribution in [0.15, 0.2) is 16.8 Å². The van der Waals surface area contributed by atoms with Crippen molar-refractivity contribution in [3.05, 3.63) is 22.4 Å². The van der Waals surface area contributed by atoms with E-state index in [2.05, 4.69) is 11.4 Å². The quantitative estimate of drug-likeness (QED) is 0.911. The van der Waals surface area contributed by atoms with E-state index >= 15 is 0 Å². The first-order valence-electron chi connectivity index (χ1n) is 6.24. The number of likely N-dealkylation sites (tertiary alicyclic amines) is 1. The molecule has 96 valence electrons. The minimum Gasteiger partial charge on any atom is -0.481 e. The van der Waals surface area contributed by atoms with Crippen LogP contribution in [0.4, 0.5) is 0 Å². The van der Waals surface area contributed by atoms with Gasteiger partial charge in [-0.15, -0.1) is 0 Å². The molecule has 1 aromatic rings. The van der Waals surface area contributed by atoms with Crippen molar-refractivity contribution in [3.63, 3.8) is 0 Å². The van der Waals surface area contributed by atoms with Gasteiger partial charge in [-0.2, -0.15) is 11.3 Å². The lowest BCUT2D eigenvalue weighted by Gasteiger charge is -2.24. The van der Waals surface area contributed by atoms with Gasteiger partial charge in [0.15, 0.2) is 0 Å². The van der Waals surface area contributed by atoms with Crippen LogP contribution in [0, 0.1) is 11.8 Å². The second-order valence-corrected chi connectivity index (χ2v) is 5.81. The Labute approximate surface area is 109 Å². The van der Waals surface area contributed by atoms with Crippen LogP contribution in [0.2, 0.25) is 0 Å². The summed E-state index contributed by atoms with van der Waals surface area (Å²) < 4.78 is 0. The van der Waals surface area contributed by atoms with Gasteiger partial charge in [0.1, 0.15) is 0 Å². The molecule has 2 heterocycles. The number of carboxylic acid groups (broad SMARTS) is 1. The third-order valence-electron chi connectivity index (χ3n) is 3.89. The van der Waals surface area contributed by atoms with Crippen molar-refractivity contribution in [3.8, 4) is 0 Å². The van der Waals surface area contributed by atoms with E-state index in [0.717, 1.165) is 19.4 Å². The molecule has 0 unspecified atom stereocenters. The zero-order chi connectivity index (χ0) is 12.7. The Morgan fingerprint density at radius 1 is 1.39 bits per heavy atom. The minimum atomic E-state index is -0.834. The lowest BCUT2D eigenvalue weighted by Crippen LogP contribution is -2.32. The van der Waals surface area contributed by atoms with Gasteiger partial charge in [-0.1, -0.05) is 0 Å². The normalized spacial score (nSPS) is 30.4. The van der Waals surface area contributed by atoms with Gasteiger partial charge in [0.2, 0.25) is 5.91 Å². The molecule has 0 bridgehead atoms. The molecule has 2 aliphatic rings. The first-order chi connectivity index (χ1) is 8.68. The van der Waals surface area contributed by atoms with Crippen LogP contribution in [0.1, 0.15) is 30.9 Å². The predicted molar refractivity (Wildman–Crippen MR) is 67.2 cm³/mol. The maximum absolute atomic E-state index is 12.3. The van der Waals surface area contributed by atoms with Crippen molar-refractivity contribution in [1.82, 2.24) is 4.90 Å². The monoisotopic (exact) mass is 265 g/mol. The first-order valence-corrected chi connectivity index (χ1v) is 7.18. The Kier molecular flexibility index (Phi) is 2.86. The summed E-state index contributed by atoms with van der Waals surface area (Å²) in [6.07, 6.45) is 2.52. The lowest BCUT2D eigenvalue weighted by molar-refractivity contribution is -0.142. The summed E-state index contributed by atoms with van der Waals surface area (Å²) in [5.41, 5.74) is 1.19. The Balaban J connectivity index is 1.72.